The summed E-state index contributed by atoms with van der Waals surface area (Å²) in [6.07, 6.45) is -0.255. The second kappa shape index (κ2) is 10.3. The van der Waals surface area contributed by atoms with Gasteiger partial charge in [0.25, 0.3) is 0 Å². The van der Waals surface area contributed by atoms with Crippen LogP contribution in [0.3, 0.4) is 0 Å². The molecule has 1 N–H and O–H groups in total. The van der Waals surface area contributed by atoms with Crippen molar-refractivity contribution in [2.45, 2.75) is 6.29 Å². The number of hydrogen-bond acceptors (Lipinski definition) is 4. The molecule has 1 aliphatic heterocycles. The molecular weight excluding hydrogens is 589 g/mol. The quantitative estimate of drug-likeness (QED) is 0.213. The number of rotatable bonds is 4. The Balaban J connectivity index is 1.27. The van der Waals surface area contributed by atoms with E-state index in [1.165, 1.54) is 38.1 Å². The fraction of sp³-hybridized carbons (Fsp3) is 0.0476. The normalized spacial score (nSPS) is 14.3. The largest absolute Gasteiger partial charge is 0.332 e. The lowest BCUT2D eigenvalue weighted by atomic mass is 10.1. The second-order valence-corrected chi connectivity index (χ2v) is 12.4. The van der Waals surface area contributed by atoms with Crippen LogP contribution in [0.25, 0.3) is 71.9 Å². The van der Waals surface area contributed by atoms with Gasteiger partial charge in [-0.05, 0) is 30.3 Å². The SMILES string of the molecule is CN1c2c(nc(-c3ccccc3)nc2-c2ccccc2)NC1n1c2ccccc2c2ccc3c(c4ccccc4n3-c3ccccc3)c21. The van der Waals surface area contributed by atoms with Crippen molar-refractivity contribution in [1.82, 2.24) is 19.1 Å². The fourth-order valence-corrected chi connectivity index (χ4v) is 7.63. The van der Waals surface area contributed by atoms with Crippen molar-refractivity contribution in [3.8, 4) is 28.3 Å². The third-order valence-electron chi connectivity index (χ3n) is 9.71. The Labute approximate surface area is 277 Å². The minimum Gasteiger partial charge on any atom is -0.332 e. The van der Waals surface area contributed by atoms with E-state index in [0.717, 1.165) is 39.5 Å². The third kappa shape index (κ3) is 3.80. The minimum absolute atomic E-state index is 0.255. The van der Waals surface area contributed by atoms with E-state index in [4.69, 9.17) is 9.97 Å². The van der Waals surface area contributed by atoms with Crippen LogP contribution in [0.1, 0.15) is 6.29 Å². The average Bonchev–Trinajstić information content (AvgIpc) is 3.79. The molecule has 0 saturated carbocycles. The number of para-hydroxylation sites is 3. The standard InChI is InChI=1S/C42H30N6/c1-46-39-37(27-15-5-2-6-16-27)43-40(28-17-7-3-8-18-28)44-41(39)45-42(46)48-33-23-13-11-21-30(33)31-25-26-35-36(38(31)48)32-22-12-14-24-34(32)47(35)29-19-9-4-10-20-29/h2-26,42H,1H3,(H,43,44,45). The minimum atomic E-state index is -0.255. The lowest BCUT2D eigenvalue weighted by molar-refractivity contribution is 0.608. The highest BCUT2D eigenvalue weighted by Gasteiger charge is 2.35. The smallest absolute Gasteiger partial charge is 0.184 e. The first-order valence-corrected chi connectivity index (χ1v) is 16.3. The monoisotopic (exact) mass is 618 g/mol. The van der Waals surface area contributed by atoms with Crippen molar-refractivity contribution < 1.29 is 0 Å². The van der Waals surface area contributed by atoms with Gasteiger partial charge in [-0.15, -0.1) is 0 Å². The molecule has 1 unspecified atom stereocenters. The van der Waals surface area contributed by atoms with Gasteiger partial charge in [-0.2, -0.15) is 0 Å². The Hall–Kier alpha value is -6.40. The van der Waals surface area contributed by atoms with Gasteiger partial charge in [-0.3, -0.25) is 0 Å². The number of nitrogens with zero attached hydrogens (tertiary/aromatic N) is 5. The highest BCUT2D eigenvalue weighted by molar-refractivity contribution is 6.25. The fourth-order valence-electron chi connectivity index (χ4n) is 7.63. The molecule has 228 valence electrons. The van der Waals surface area contributed by atoms with Crippen molar-refractivity contribution in [2.75, 3.05) is 17.3 Å². The molecule has 0 saturated heterocycles. The van der Waals surface area contributed by atoms with Gasteiger partial charge in [0.05, 0.1) is 27.8 Å². The molecule has 0 aliphatic carbocycles. The summed E-state index contributed by atoms with van der Waals surface area (Å²) in [4.78, 5) is 12.7. The van der Waals surface area contributed by atoms with E-state index in [9.17, 15) is 0 Å². The third-order valence-corrected chi connectivity index (χ3v) is 9.71. The summed E-state index contributed by atoms with van der Waals surface area (Å²) in [5, 5.41) is 8.77. The zero-order valence-corrected chi connectivity index (χ0v) is 26.2. The summed E-state index contributed by atoms with van der Waals surface area (Å²) >= 11 is 0. The molecule has 0 radical (unpaired) electrons. The summed E-state index contributed by atoms with van der Waals surface area (Å²) < 4.78 is 4.85. The first kappa shape index (κ1) is 26.8. The maximum Gasteiger partial charge on any atom is 0.184 e. The summed E-state index contributed by atoms with van der Waals surface area (Å²) in [6.45, 7) is 0. The Kier molecular flexibility index (Phi) is 5.75. The summed E-state index contributed by atoms with van der Waals surface area (Å²) in [5.41, 5.74) is 9.78. The van der Waals surface area contributed by atoms with Gasteiger partial charge in [0, 0.05) is 45.4 Å². The predicted octanol–water partition coefficient (Wildman–Crippen LogP) is 10.0. The Bertz CT molecular complexity index is 2660. The first-order chi connectivity index (χ1) is 23.8. The molecule has 9 aromatic rings. The van der Waals surface area contributed by atoms with Gasteiger partial charge >= 0.3 is 0 Å². The van der Waals surface area contributed by atoms with Crippen molar-refractivity contribution >= 4 is 55.1 Å². The van der Waals surface area contributed by atoms with Crippen LogP contribution < -0.4 is 10.2 Å². The van der Waals surface area contributed by atoms with E-state index in [-0.39, 0.29) is 6.29 Å². The number of nitrogens with one attached hydrogen (secondary N) is 1. The Morgan fingerprint density at radius 2 is 1.17 bits per heavy atom. The predicted molar refractivity (Wildman–Crippen MR) is 198 cm³/mol. The zero-order chi connectivity index (χ0) is 31.8. The van der Waals surface area contributed by atoms with Gasteiger partial charge in [0.15, 0.2) is 17.9 Å². The van der Waals surface area contributed by atoms with Gasteiger partial charge in [0.2, 0.25) is 0 Å². The molecule has 1 aliphatic rings. The van der Waals surface area contributed by atoms with Crippen LogP contribution in [-0.4, -0.2) is 26.1 Å². The van der Waals surface area contributed by atoms with Crippen LogP contribution in [0.5, 0.6) is 0 Å². The molecule has 48 heavy (non-hydrogen) atoms. The van der Waals surface area contributed by atoms with Crippen molar-refractivity contribution in [3.63, 3.8) is 0 Å². The van der Waals surface area contributed by atoms with Crippen LogP contribution >= 0.6 is 0 Å². The molecule has 3 aromatic heterocycles. The topological polar surface area (TPSA) is 50.9 Å². The molecule has 6 nitrogen and oxygen atoms in total. The van der Waals surface area contributed by atoms with E-state index in [1.807, 2.05) is 24.3 Å². The van der Waals surface area contributed by atoms with Gasteiger partial charge in [0.1, 0.15) is 5.69 Å². The van der Waals surface area contributed by atoms with Crippen LogP contribution in [-0.2, 0) is 0 Å². The van der Waals surface area contributed by atoms with E-state index in [0.29, 0.717) is 5.82 Å². The molecule has 1 atom stereocenters. The first-order valence-electron chi connectivity index (χ1n) is 16.3. The summed E-state index contributed by atoms with van der Waals surface area (Å²) in [6, 6.07) is 53.4. The number of benzene rings is 6. The summed E-state index contributed by atoms with van der Waals surface area (Å²) in [7, 11) is 2.15. The molecule has 6 heteroatoms. The maximum atomic E-state index is 5.20. The Morgan fingerprint density at radius 1 is 0.542 bits per heavy atom. The van der Waals surface area contributed by atoms with E-state index < -0.39 is 0 Å². The molecule has 10 rings (SSSR count). The molecule has 4 heterocycles. The van der Waals surface area contributed by atoms with Crippen LogP contribution in [0.15, 0.2) is 152 Å². The Morgan fingerprint density at radius 3 is 1.92 bits per heavy atom. The van der Waals surface area contributed by atoms with Crippen molar-refractivity contribution in [3.05, 3.63) is 152 Å². The molecule has 0 amide bonds. The molecular formula is C42H30N6. The number of aromatic nitrogens is 4. The second-order valence-electron chi connectivity index (χ2n) is 12.4. The molecule has 6 aromatic carbocycles. The lowest BCUT2D eigenvalue weighted by Gasteiger charge is -2.26. The number of anilines is 2. The van der Waals surface area contributed by atoms with Crippen molar-refractivity contribution in [2.24, 2.45) is 0 Å². The van der Waals surface area contributed by atoms with E-state index >= 15 is 0 Å². The molecule has 0 bridgehead atoms. The molecule has 0 spiro atoms. The number of fused-ring (bicyclic) bond motifs is 8. The highest BCUT2D eigenvalue weighted by Crippen LogP contribution is 2.48. The molecule has 0 fully saturated rings. The lowest BCUT2D eigenvalue weighted by Crippen LogP contribution is -2.29. The highest BCUT2D eigenvalue weighted by atomic mass is 15.5. The van der Waals surface area contributed by atoms with Crippen LogP contribution in [0, 0.1) is 0 Å². The van der Waals surface area contributed by atoms with Gasteiger partial charge in [-0.25, -0.2) is 9.97 Å². The zero-order valence-electron chi connectivity index (χ0n) is 26.2. The maximum absolute atomic E-state index is 5.20. The van der Waals surface area contributed by atoms with Crippen LogP contribution in [0.4, 0.5) is 11.5 Å². The van der Waals surface area contributed by atoms with Gasteiger partial charge < -0.3 is 19.4 Å². The number of hydrogen-bond donors (Lipinski definition) is 1. The van der Waals surface area contributed by atoms with E-state index in [2.05, 4.69) is 154 Å². The van der Waals surface area contributed by atoms with Crippen LogP contribution in [0.2, 0.25) is 0 Å². The van der Waals surface area contributed by atoms with Crippen molar-refractivity contribution in [1.29, 1.82) is 0 Å². The van der Waals surface area contributed by atoms with Gasteiger partial charge in [-0.1, -0.05) is 121 Å². The average molecular weight is 619 g/mol. The van der Waals surface area contributed by atoms with E-state index in [1.54, 1.807) is 0 Å². The summed E-state index contributed by atoms with van der Waals surface area (Å²) in [5.74, 6) is 1.52.